The Bertz CT molecular complexity index is 802. The molecular weight excluding hydrogens is 430 g/mol. The van der Waals surface area contributed by atoms with Crippen molar-refractivity contribution in [2.24, 2.45) is 0 Å². The molecule has 176 valence electrons. The molecular formula is C23H33N3O5S. The van der Waals surface area contributed by atoms with Gasteiger partial charge in [0.25, 0.3) is 5.91 Å². The van der Waals surface area contributed by atoms with E-state index in [-0.39, 0.29) is 17.4 Å². The molecule has 0 aliphatic carbocycles. The lowest BCUT2D eigenvalue weighted by atomic mass is 10.1. The van der Waals surface area contributed by atoms with Gasteiger partial charge in [0.1, 0.15) is 11.8 Å². The topological polar surface area (TPSA) is 97.0 Å². The number of unbranched alkanes of at least 4 members (excludes halogenated alkanes) is 3. The molecule has 2 N–H and O–H groups in total. The molecule has 1 atom stereocenters. The number of rotatable bonds is 11. The first-order valence-corrected chi connectivity index (χ1v) is 11.7. The van der Waals surface area contributed by atoms with Crippen molar-refractivity contribution in [3.05, 3.63) is 29.8 Å². The molecule has 32 heavy (non-hydrogen) atoms. The number of esters is 1. The van der Waals surface area contributed by atoms with Gasteiger partial charge in [-0.1, -0.05) is 45.2 Å². The molecule has 2 amide bonds. The summed E-state index contributed by atoms with van der Waals surface area (Å²) in [6, 6.07) is 6.15. The van der Waals surface area contributed by atoms with Gasteiger partial charge in [-0.3, -0.25) is 19.7 Å². The van der Waals surface area contributed by atoms with Gasteiger partial charge < -0.3 is 19.7 Å². The van der Waals surface area contributed by atoms with Crippen LogP contribution in [0, 0.1) is 0 Å². The van der Waals surface area contributed by atoms with Crippen LogP contribution in [0.2, 0.25) is 0 Å². The first-order valence-electron chi connectivity index (χ1n) is 11.2. The van der Waals surface area contributed by atoms with E-state index in [0.29, 0.717) is 44.0 Å². The summed E-state index contributed by atoms with van der Waals surface area (Å²) in [5, 5.41) is 5.51. The molecule has 1 saturated heterocycles. The lowest BCUT2D eigenvalue weighted by Gasteiger charge is -2.36. The van der Waals surface area contributed by atoms with Crippen LogP contribution in [-0.4, -0.2) is 60.1 Å². The van der Waals surface area contributed by atoms with Gasteiger partial charge in [0.05, 0.1) is 25.2 Å². The average Bonchev–Trinajstić information content (AvgIpc) is 2.79. The predicted molar refractivity (Wildman–Crippen MR) is 126 cm³/mol. The molecule has 0 spiro atoms. The van der Waals surface area contributed by atoms with Crippen molar-refractivity contribution < 1.29 is 23.9 Å². The van der Waals surface area contributed by atoms with E-state index in [1.807, 2.05) is 13.0 Å². The normalized spacial score (nSPS) is 15.6. The largest absolute Gasteiger partial charge is 0.493 e. The molecule has 1 aliphatic heterocycles. The van der Waals surface area contributed by atoms with Crippen LogP contribution in [0.3, 0.4) is 0 Å². The average molecular weight is 464 g/mol. The summed E-state index contributed by atoms with van der Waals surface area (Å²) in [7, 11) is 0. The minimum absolute atomic E-state index is 0.0934. The Hall–Kier alpha value is -2.68. The van der Waals surface area contributed by atoms with Gasteiger partial charge in [-0.2, -0.15) is 0 Å². The number of thiocarbonyl (C=S) groups is 1. The number of piperazine rings is 1. The first kappa shape index (κ1) is 25.6. The summed E-state index contributed by atoms with van der Waals surface area (Å²) >= 11 is 5.42. The van der Waals surface area contributed by atoms with Gasteiger partial charge in [0.15, 0.2) is 5.11 Å². The number of para-hydroxylation sites is 1. The number of hydrogen-bond donors (Lipinski definition) is 2. The van der Waals surface area contributed by atoms with Crippen LogP contribution in [0.1, 0.15) is 62.7 Å². The van der Waals surface area contributed by atoms with Crippen LogP contribution in [0.4, 0.5) is 0 Å². The van der Waals surface area contributed by atoms with E-state index in [1.165, 1.54) is 0 Å². The van der Waals surface area contributed by atoms with E-state index in [2.05, 4.69) is 17.6 Å². The third kappa shape index (κ3) is 7.78. The molecule has 8 nitrogen and oxygen atoms in total. The van der Waals surface area contributed by atoms with Crippen LogP contribution in [0.25, 0.3) is 0 Å². The highest BCUT2D eigenvalue weighted by atomic mass is 32.1. The molecule has 9 heteroatoms. The number of carbonyl (C=O) groups is 3. The van der Waals surface area contributed by atoms with Crippen molar-refractivity contribution in [1.82, 2.24) is 15.5 Å². The fourth-order valence-corrected chi connectivity index (χ4v) is 3.63. The molecule has 1 unspecified atom stereocenters. The van der Waals surface area contributed by atoms with E-state index >= 15 is 0 Å². The highest BCUT2D eigenvalue weighted by molar-refractivity contribution is 7.80. The van der Waals surface area contributed by atoms with Crippen LogP contribution >= 0.6 is 12.2 Å². The third-order valence-electron chi connectivity index (χ3n) is 5.03. The zero-order valence-corrected chi connectivity index (χ0v) is 19.7. The molecule has 1 aliphatic rings. The lowest BCUT2D eigenvalue weighted by Crippen LogP contribution is -2.60. The number of nitrogens with zero attached hydrogens (tertiary/aromatic N) is 1. The lowest BCUT2D eigenvalue weighted by molar-refractivity contribution is -0.147. The standard InChI is InChI=1S/C23H33N3O5S/c1-3-5-6-9-15-30-19-11-8-7-10-17(19)21(28)25-23(32)26-13-12-24-22(29)18(26)16-20(27)31-14-4-2/h7-8,10-11,18H,3-6,9,12-16H2,1-2H3,(H,24,29)(H,25,28,32). The summed E-state index contributed by atoms with van der Waals surface area (Å²) in [6.45, 7) is 5.61. The summed E-state index contributed by atoms with van der Waals surface area (Å²) in [6.07, 6.45) is 4.84. The maximum Gasteiger partial charge on any atom is 0.308 e. The minimum Gasteiger partial charge on any atom is -0.493 e. The van der Waals surface area contributed by atoms with Crippen LogP contribution in [0.15, 0.2) is 24.3 Å². The van der Waals surface area contributed by atoms with E-state index in [1.54, 1.807) is 23.1 Å². The molecule has 0 bridgehead atoms. The van der Waals surface area contributed by atoms with Gasteiger partial charge in [0.2, 0.25) is 5.91 Å². The molecule has 1 aromatic carbocycles. The minimum atomic E-state index is -0.828. The number of carbonyl (C=O) groups excluding carboxylic acids is 3. The van der Waals surface area contributed by atoms with Crippen LogP contribution in [-0.2, 0) is 14.3 Å². The number of amides is 2. The Balaban J connectivity index is 2.01. The Kier molecular flexibility index (Phi) is 10.9. The number of benzene rings is 1. The van der Waals surface area contributed by atoms with Crippen molar-refractivity contribution >= 4 is 35.1 Å². The van der Waals surface area contributed by atoms with E-state index < -0.39 is 17.9 Å². The number of nitrogens with one attached hydrogen (secondary N) is 2. The Morgan fingerprint density at radius 2 is 1.94 bits per heavy atom. The highest BCUT2D eigenvalue weighted by Gasteiger charge is 2.34. The van der Waals surface area contributed by atoms with Crippen molar-refractivity contribution in [3.63, 3.8) is 0 Å². The Labute approximate surface area is 195 Å². The molecule has 1 fully saturated rings. The maximum absolute atomic E-state index is 12.9. The van der Waals surface area contributed by atoms with Crippen molar-refractivity contribution in [1.29, 1.82) is 0 Å². The monoisotopic (exact) mass is 463 g/mol. The zero-order chi connectivity index (χ0) is 23.3. The zero-order valence-electron chi connectivity index (χ0n) is 18.9. The highest BCUT2D eigenvalue weighted by Crippen LogP contribution is 2.19. The smallest absolute Gasteiger partial charge is 0.308 e. The van der Waals surface area contributed by atoms with Gasteiger partial charge in [0, 0.05) is 13.1 Å². The quantitative estimate of drug-likeness (QED) is 0.296. The fraction of sp³-hybridized carbons (Fsp3) is 0.565. The molecule has 2 rings (SSSR count). The van der Waals surface area contributed by atoms with Crippen LogP contribution < -0.4 is 15.4 Å². The van der Waals surface area contributed by atoms with Gasteiger partial charge in [-0.15, -0.1) is 0 Å². The second-order valence-corrected chi connectivity index (χ2v) is 7.98. The predicted octanol–water partition coefficient (Wildman–Crippen LogP) is 2.80. The van der Waals surface area contributed by atoms with Gasteiger partial charge in [-0.25, -0.2) is 0 Å². The fourth-order valence-electron chi connectivity index (χ4n) is 3.32. The van der Waals surface area contributed by atoms with Crippen molar-refractivity contribution in [2.75, 3.05) is 26.3 Å². The summed E-state index contributed by atoms with van der Waals surface area (Å²) in [4.78, 5) is 38.9. The number of hydrogen-bond acceptors (Lipinski definition) is 6. The van der Waals surface area contributed by atoms with E-state index in [0.717, 1.165) is 25.7 Å². The molecule has 0 radical (unpaired) electrons. The maximum atomic E-state index is 12.9. The second kappa shape index (κ2) is 13.7. The van der Waals surface area contributed by atoms with E-state index in [4.69, 9.17) is 21.7 Å². The van der Waals surface area contributed by atoms with E-state index in [9.17, 15) is 14.4 Å². The molecule has 0 saturated carbocycles. The summed E-state index contributed by atoms with van der Waals surface area (Å²) in [5.41, 5.74) is 0.366. The summed E-state index contributed by atoms with van der Waals surface area (Å²) in [5.74, 6) is -0.732. The third-order valence-corrected chi connectivity index (χ3v) is 5.36. The van der Waals surface area contributed by atoms with Crippen molar-refractivity contribution in [2.45, 2.75) is 58.4 Å². The Morgan fingerprint density at radius 3 is 2.69 bits per heavy atom. The molecule has 1 heterocycles. The van der Waals surface area contributed by atoms with Crippen LogP contribution in [0.5, 0.6) is 5.75 Å². The van der Waals surface area contributed by atoms with Crippen molar-refractivity contribution in [3.8, 4) is 5.75 Å². The Morgan fingerprint density at radius 1 is 1.16 bits per heavy atom. The molecule has 0 aromatic heterocycles. The summed E-state index contributed by atoms with van der Waals surface area (Å²) < 4.78 is 10.9. The molecule has 1 aromatic rings. The number of ether oxygens (including phenoxy) is 2. The second-order valence-electron chi connectivity index (χ2n) is 7.59. The SMILES string of the molecule is CCCCCCOc1ccccc1C(=O)NC(=S)N1CCNC(=O)C1CC(=O)OCCC. The van der Waals surface area contributed by atoms with Gasteiger partial charge >= 0.3 is 5.97 Å². The first-order chi connectivity index (χ1) is 15.5. The van der Waals surface area contributed by atoms with Gasteiger partial charge in [-0.05, 0) is 37.2 Å².